The van der Waals surface area contributed by atoms with Crippen LogP contribution >= 0.6 is 0 Å². The second-order valence-electron chi connectivity index (χ2n) is 4.51. The fraction of sp³-hybridized carbons (Fsp3) is 0.312. The summed E-state index contributed by atoms with van der Waals surface area (Å²) >= 11 is 0. The van der Waals surface area contributed by atoms with Crippen molar-refractivity contribution < 1.29 is 9.21 Å². The van der Waals surface area contributed by atoms with E-state index in [-0.39, 0.29) is 5.91 Å². The Balaban J connectivity index is 2.37. The summed E-state index contributed by atoms with van der Waals surface area (Å²) in [4.78, 5) is 14.2. The topological polar surface area (TPSA) is 33.5 Å². The van der Waals surface area contributed by atoms with Gasteiger partial charge in [-0.3, -0.25) is 4.79 Å². The average Bonchev–Trinajstić information content (AvgIpc) is 2.90. The molecular weight excluding hydrogens is 238 g/mol. The van der Waals surface area contributed by atoms with Crippen LogP contribution in [0.1, 0.15) is 29.8 Å². The third kappa shape index (κ3) is 2.70. The van der Waals surface area contributed by atoms with Gasteiger partial charge in [-0.1, -0.05) is 29.8 Å². The molecule has 1 heterocycles. The molecule has 0 bridgehead atoms. The molecule has 0 radical (unpaired) electrons. The van der Waals surface area contributed by atoms with E-state index in [1.165, 1.54) is 5.56 Å². The number of nitrogens with zero attached hydrogens (tertiary/aromatic N) is 1. The first kappa shape index (κ1) is 13.4. The van der Waals surface area contributed by atoms with Crippen LogP contribution in [-0.2, 0) is 0 Å². The fourth-order valence-corrected chi connectivity index (χ4v) is 2.09. The molecule has 0 aliphatic rings. The number of hydrogen-bond donors (Lipinski definition) is 0. The van der Waals surface area contributed by atoms with Gasteiger partial charge in [0.1, 0.15) is 5.76 Å². The number of benzene rings is 1. The Morgan fingerprint density at radius 1 is 1.11 bits per heavy atom. The van der Waals surface area contributed by atoms with Crippen LogP contribution in [0.4, 0.5) is 0 Å². The minimum Gasteiger partial charge on any atom is -0.464 e. The van der Waals surface area contributed by atoms with Gasteiger partial charge in [-0.15, -0.1) is 0 Å². The van der Waals surface area contributed by atoms with E-state index in [0.29, 0.717) is 24.4 Å². The maximum absolute atomic E-state index is 12.4. The zero-order valence-corrected chi connectivity index (χ0v) is 11.6. The first-order valence-electron chi connectivity index (χ1n) is 6.61. The molecule has 1 aromatic heterocycles. The number of furan rings is 1. The second kappa shape index (κ2) is 5.74. The molecule has 1 amide bonds. The molecular formula is C16H19NO2. The lowest BCUT2D eigenvalue weighted by Crippen LogP contribution is -2.30. The van der Waals surface area contributed by atoms with Crippen LogP contribution in [-0.4, -0.2) is 23.9 Å². The summed E-state index contributed by atoms with van der Waals surface area (Å²) in [5.41, 5.74) is 2.76. The quantitative estimate of drug-likeness (QED) is 0.836. The van der Waals surface area contributed by atoms with Crippen LogP contribution in [0.2, 0.25) is 0 Å². The van der Waals surface area contributed by atoms with Crippen molar-refractivity contribution in [2.75, 3.05) is 13.1 Å². The van der Waals surface area contributed by atoms with Gasteiger partial charge in [0.25, 0.3) is 5.91 Å². The van der Waals surface area contributed by atoms with E-state index < -0.39 is 0 Å². The molecule has 0 saturated carbocycles. The molecule has 3 nitrogen and oxygen atoms in total. The Hall–Kier alpha value is -2.03. The zero-order chi connectivity index (χ0) is 13.8. The lowest BCUT2D eigenvalue weighted by molar-refractivity contribution is 0.0773. The normalized spacial score (nSPS) is 10.5. The lowest BCUT2D eigenvalue weighted by Gasteiger charge is -2.18. The molecule has 3 heteroatoms. The van der Waals surface area contributed by atoms with Crippen molar-refractivity contribution in [2.24, 2.45) is 0 Å². The van der Waals surface area contributed by atoms with Crippen LogP contribution in [0.5, 0.6) is 0 Å². The van der Waals surface area contributed by atoms with Crippen molar-refractivity contribution >= 4 is 5.91 Å². The number of amides is 1. The van der Waals surface area contributed by atoms with Crippen molar-refractivity contribution in [3.8, 4) is 11.3 Å². The first-order chi connectivity index (χ1) is 9.17. The van der Waals surface area contributed by atoms with Gasteiger partial charge in [0.05, 0.1) is 11.8 Å². The molecule has 0 saturated heterocycles. The van der Waals surface area contributed by atoms with Crippen LogP contribution in [0.25, 0.3) is 11.3 Å². The molecule has 0 atom stereocenters. The predicted molar refractivity (Wildman–Crippen MR) is 76.1 cm³/mol. The molecule has 100 valence electrons. The van der Waals surface area contributed by atoms with E-state index in [0.717, 1.165) is 5.56 Å². The fourth-order valence-electron chi connectivity index (χ4n) is 2.09. The summed E-state index contributed by atoms with van der Waals surface area (Å²) in [6, 6.07) is 9.74. The molecule has 1 aromatic carbocycles. The largest absolute Gasteiger partial charge is 0.464 e. The number of carbonyl (C=O) groups excluding carboxylic acids is 1. The summed E-state index contributed by atoms with van der Waals surface area (Å²) in [5.74, 6) is 0.672. The molecule has 0 spiro atoms. The van der Waals surface area contributed by atoms with Crippen LogP contribution in [0.15, 0.2) is 41.0 Å². The summed E-state index contributed by atoms with van der Waals surface area (Å²) in [6.45, 7) is 7.40. The second-order valence-corrected chi connectivity index (χ2v) is 4.51. The highest BCUT2D eigenvalue weighted by molar-refractivity contribution is 5.99. The molecule has 0 aliphatic heterocycles. The number of aryl methyl sites for hydroxylation is 1. The molecule has 2 rings (SSSR count). The minimum atomic E-state index is 0.0225. The molecule has 2 aromatic rings. The minimum absolute atomic E-state index is 0.0225. The third-order valence-corrected chi connectivity index (χ3v) is 3.26. The van der Waals surface area contributed by atoms with E-state index in [4.69, 9.17) is 4.42 Å². The van der Waals surface area contributed by atoms with Gasteiger partial charge in [0.15, 0.2) is 0 Å². The van der Waals surface area contributed by atoms with Crippen LogP contribution in [0, 0.1) is 6.92 Å². The van der Waals surface area contributed by atoms with Crippen LogP contribution < -0.4 is 0 Å². The standard InChI is InChI=1S/C16H19NO2/c1-4-17(5-2)16(18)14-10-11-19-15(14)13-8-6-12(3)7-9-13/h6-11H,4-5H2,1-3H3. The summed E-state index contributed by atoms with van der Waals surface area (Å²) in [6.07, 6.45) is 1.58. The van der Waals surface area contributed by atoms with Gasteiger partial charge in [0, 0.05) is 18.7 Å². The third-order valence-electron chi connectivity index (χ3n) is 3.26. The Labute approximate surface area is 113 Å². The van der Waals surface area contributed by atoms with Gasteiger partial charge in [-0.2, -0.15) is 0 Å². The lowest BCUT2D eigenvalue weighted by atomic mass is 10.1. The number of rotatable bonds is 4. The monoisotopic (exact) mass is 257 g/mol. The van der Waals surface area contributed by atoms with Crippen molar-refractivity contribution in [3.05, 3.63) is 47.7 Å². The molecule has 0 N–H and O–H groups in total. The molecule has 0 fully saturated rings. The summed E-state index contributed by atoms with van der Waals surface area (Å²) in [7, 11) is 0. The van der Waals surface area contributed by atoms with Crippen molar-refractivity contribution in [3.63, 3.8) is 0 Å². The Bertz CT molecular complexity index is 550. The Morgan fingerprint density at radius 2 is 1.74 bits per heavy atom. The number of hydrogen-bond acceptors (Lipinski definition) is 2. The summed E-state index contributed by atoms with van der Waals surface area (Å²) in [5, 5.41) is 0. The van der Waals surface area contributed by atoms with E-state index in [9.17, 15) is 4.79 Å². The molecule has 19 heavy (non-hydrogen) atoms. The smallest absolute Gasteiger partial charge is 0.257 e. The highest BCUT2D eigenvalue weighted by atomic mass is 16.3. The Kier molecular flexibility index (Phi) is 4.05. The summed E-state index contributed by atoms with van der Waals surface area (Å²) < 4.78 is 5.50. The molecule has 0 unspecified atom stereocenters. The first-order valence-corrected chi connectivity index (χ1v) is 6.61. The van der Waals surface area contributed by atoms with Crippen molar-refractivity contribution in [2.45, 2.75) is 20.8 Å². The van der Waals surface area contributed by atoms with E-state index in [1.807, 2.05) is 45.0 Å². The highest BCUT2D eigenvalue weighted by Gasteiger charge is 2.19. The SMILES string of the molecule is CCN(CC)C(=O)c1ccoc1-c1ccc(C)cc1. The van der Waals surface area contributed by atoms with Gasteiger partial charge in [-0.05, 0) is 26.8 Å². The van der Waals surface area contributed by atoms with Gasteiger partial charge in [0.2, 0.25) is 0 Å². The highest BCUT2D eigenvalue weighted by Crippen LogP contribution is 2.26. The van der Waals surface area contributed by atoms with E-state index in [2.05, 4.69) is 0 Å². The molecule has 0 aliphatic carbocycles. The van der Waals surface area contributed by atoms with Gasteiger partial charge >= 0.3 is 0 Å². The van der Waals surface area contributed by atoms with Crippen molar-refractivity contribution in [1.29, 1.82) is 0 Å². The van der Waals surface area contributed by atoms with Crippen LogP contribution in [0.3, 0.4) is 0 Å². The Morgan fingerprint density at radius 3 is 2.32 bits per heavy atom. The predicted octanol–water partition coefficient (Wildman–Crippen LogP) is 3.74. The maximum atomic E-state index is 12.4. The maximum Gasteiger partial charge on any atom is 0.257 e. The number of carbonyl (C=O) groups is 1. The van der Waals surface area contributed by atoms with Crippen molar-refractivity contribution in [1.82, 2.24) is 4.90 Å². The van der Waals surface area contributed by atoms with Gasteiger partial charge in [-0.25, -0.2) is 0 Å². The zero-order valence-electron chi connectivity index (χ0n) is 11.6. The van der Waals surface area contributed by atoms with E-state index >= 15 is 0 Å². The van der Waals surface area contributed by atoms with Gasteiger partial charge < -0.3 is 9.32 Å². The van der Waals surface area contributed by atoms with E-state index in [1.54, 1.807) is 17.2 Å². The average molecular weight is 257 g/mol.